The lowest BCUT2D eigenvalue weighted by Crippen LogP contribution is -2.25. The summed E-state index contributed by atoms with van der Waals surface area (Å²) in [6.45, 7) is 0. The molecule has 1 spiro atoms. The molecular formula is C42H25N3O. The van der Waals surface area contributed by atoms with E-state index in [4.69, 9.17) is 19.4 Å². The summed E-state index contributed by atoms with van der Waals surface area (Å²) in [5.74, 6) is 2.91. The number of hydrogen-bond donors (Lipinski definition) is 0. The van der Waals surface area contributed by atoms with Crippen molar-refractivity contribution in [1.82, 2.24) is 15.0 Å². The third kappa shape index (κ3) is 3.36. The molecule has 4 heteroatoms. The lowest BCUT2D eigenvalue weighted by molar-refractivity contribution is 0.507. The van der Waals surface area contributed by atoms with Crippen molar-refractivity contribution < 1.29 is 4.42 Å². The monoisotopic (exact) mass is 587 g/mol. The fourth-order valence-electron chi connectivity index (χ4n) is 7.62. The molecule has 214 valence electrons. The number of nitrogens with zero attached hydrogens (tertiary/aromatic N) is 3. The van der Waals surface area contributed by atoms with E-state index in [2.05, 4.69) is 84.9 Å². The van der Waals surface area contributed by atoms with Crippen molar-refractivity contribution in [2.24, 2.45) is 0 Å². The molecule has 4 nitrogen and oxygen atoms in total. The van der Waals surface area contributed by atoms with E-state index in [1.165, 1.54) is 38.9 Å². The molecule has 0 bridgehead atoms. The third-order valence-electron chi connectivity index (χ3n) is 9.54. The molecule has 2 aliphatic carbocycles. The lowest BCUT2D eigenvalue weighted by Gasteiger charge is -2.28. The van der Waals surface area contributed by atoms with Gasteiger partial charge in [0, 0.05) is 27.6 Å². The minimum absolute atomic E-state index is 0.607. The van der Waals surface area contributed by atoms with Gasteiger partial charge in [-0.1, -0.05) is 140 Å². The normalized spacial score (nSPS) is 15.5. The molecule has 2 aliphatic rings. The van der Waals surface area contributed by atoms with Gasteiger partial charge in [0.15, 0.2) is 17.5 Å². The van der Waals surface area contributed by atoms with Crippen molar-refractivity contribution >= 4 is 11.0 Å². The molecule has 0 amide bonds. The number of para-hydroxylation sites is 1. The number of benzene rings is 6. The summed E-state index contributed by atoms with van der Waals surface area (Å²) in [6.07, 6.45) is 0. The summed E-state index contributed by atoms with van der Waals surface area (Å²) in [4.78, 5) is 15.1. The topological polar surface area (TPSA) is 51.8 Å². The van der Waals surface area contributed by atoms with Crippen LogP contribution in [0.4, 0.5) is 0 Å². The van der Waals surface area contributed by atoms with Crippen LogP contribution in [0.3, 0.4) is 0 Å². The first-order valence-electron chi connectivity index (χ1n) is 15.5. The van der Waals surface area contributed by atoms with Gasteiger partial charge in [0.1, 0.15) is 16.8 Å². The second-order valence-electron chi connectivity index (χ2n) is 11.9. The Labute approximate surface area is 265 Å². The van der Waals surface area contributed by atoms with Gasteiger partial charge in [0.2, 0.25) is 0 Å². The molecule has 8 aromatic rings. The molecule has 10 rings (SSSR count). The van der Waals surface area contributed by atoms with Gasteiger partial charge >= 0.3 is 0 Å². The van der Waals surface area contributed by atoms with Gasteiger partial charge in [-0.15, -0.1) is 0 Å². The van der Waals surface area contributed by atoms with Crippen LogP contribution >= 0.6 is 0 Å². The van der Waals surface area contributed by atoms with Crippen molar-refractivity contribution in [3.63, 3.8) is 0 Å². The molecule has 2 heterocycles. The van der Waals surface area contributed by atoms with Crippen LogP contribution in [0.25, 0.3) is 67.4 Å². The van der Waals surface area contributed by atoms with Crippen LogP contribution in [0, 0.1) is 0 Å². The van der Waals surface area contributed by atoms with Crippen molar-refractivity contribution in [3.8, 4) is 56.4 Å². The quantitative estimate of drug-likeness (QED) is 0.206. The maximum absolute atomic E-state index is 6.90. The highest BCUT2D eigenvalue weighted by molar-refractivity contribution is 6.04. The van der Waals surface area contributed by atoms with Gasteiger partial charge in [0.25, 0.3) is 0 Å². The molecule has 0 radical (unpaired) electrons. The van der Waals surface area contributed by atoms with E-state index in [9.17, 15) is 0 Å². The van der Waals surface area contributed by atoms with Crippen molar-refractivity contribution in [1.29, 1.82) is 0 Å². The van der Waals surface area contributed by atoms with Crippen LogP contribution in [-0.2, 0) is 5.41 Å². The molecule has 0 saturated carbocycles. The summed E-state index contributed by atoms with van der Waals surface area (Å²) in [5, 5.41) is 1.14. The number of fused-ring (bicyclic) bond motifs is 12. The second kappa shape index (κ2) is 9.43. The van der Waals surface area contributed by atoms with Crippen LogP contribution < -0.4 is 0 Å². The molecule has 6 aromatic carbocycles. The Balaban J connectivity index is 1.27. The van der Waals surface area contributed by atoms with E-state index in [1.54, 1.807) is 0 Å². The van der Waals surface area contributed by atoms with E-state index in [1.807, 2.05) is 66.7 Å². The lowest BCUT2D eigenvalue weighted by atomic mass is 9.73. The van der Waals surface area contributed by atoms with E-state index < -0.39 is 5.41 Å². The highest BCUT2D eigenvalue weighted by Crippen LogP contribution is 2.64. The molecule has 2 aromatic heterocycles. The van der Waals surface area contributed by atoms with Crippen molar-refractivity contribution in [2.75, 3.05) is 0 Å². The standard InChI is InChI=1S/C42H25N3O/c1-3-13-26(14-4-1)39-43-40(27-15-5-2-6-16-27)45-41(44-39)28-23-24-30-29-17-7-10-20-33(29)42(35(30)25-28)34-21-11-8-18-31(34)37-32-19-9-12-22-36(32)46-38(37)42/h1-25H. The fourth-order valence-corrected chi connectivity index (χ4v) is 7.62. The minimum atomic E-state index is -0.607. The number of aromatic nitrogens is 3. The van der Waals surface area contributed by atoms with E-state index in [-0.39, 0.29) is 0 Å². The van der Waals surface area contributed by atoms with Crippen LogP contribution in [0.1, 0.15) is 22.5 Å². The van der Waals surface area contributed by atoms with Gasteiger partial charge in [0.05, 0.1) is 0 Å². The first-order chi connectivity index (χ1) is 22.8. The Morgan fingerprint density at radius 2 is 0.935 bits per heavy atom. The zero-order valence-electron chi connectivity index (χ0n) is 24.7. The van der Waals surface area contributed by atoms with E-state index >= 15 is 0 Å². The Kier molecular flexibility index (Phi) is 5.17. The Morgan fingerprint density at radius 3 is 1.63 bits per heavy atom. The molecule has 1 atom stereocenters. The van der Waals surface area contributed by atoms with Gasteiger partial charge in [-0.2, -0.15) is 0 Å². The Morgan fingerprint density at radius 1 is 0.413 bits per heavy atom. The molecule has 0 aliphatic heterocycles. The van der Waals surface area contributed by atoms with Crippen LogP contribution in [0.15, 0.2) is 156 Å². The maximum Gasteiger partial charge on any atom is 0.164 e. The van der Waals surface area contributed by atoms with Crippen LogP contribution in [-0.4, -0.2) is 15.0 Å². The average Bonchev–Trinajstić information content (AvgIpc) is 3.76. The number of furan rings is 1. The molecule has 46 heavy (non-hydrogen) atoms. The third-order valence-corrected chi connectivity index (χ3v) is 9.54. The number of hydrogen-bond acceptors (Lipinski definition) is 4. The number of rotatable bonds is 3. The second-order valence-corrected chi connectivity index (χ2v) is 11.9. The summed E-state index contributed by atoms with van der Waals surface area (Å²) in [7, 11) is 0. The van der Waals surface area contributed by atoms with Gasteiger partial charge in [-0.3, -0.25) is 0 Å². The molecule has 0 N–H and O–H groups in total. The summed E-state index contributed by atoms with van der Waals surface area (Å²) >= 11 is 0. The van der Waals surface area contributed by atoms with Gasteiger partial charge in [-0.25, -0.2) is 15.0 Å². The molecule has 0 saturated heterocycles. The zero-order valence-corrected chi connectivity index (χ0v) is 24.7. The predicted octanol–water partition coefficient (Wildman–Crippen LogP) is 9.96. The van der Waals surface area contributed by atoms with E-state index in [0.29, 0.717) is 17.5 Å². The summed E-state index contributed by atoms with van der Waals surface area (Å²) < 4.78 is 6.90. The molecule has 0 fully saturated rings. The Bertz CT molecular complexity index is 2420. The summed E-state index contributed by atoms with van der Waals surface area (Å²) in [5.41, 5.74) is 11.6. The largest absolute Gasteiger partial charge is 0.459 e. The molecular weight excluding hydrogens is 562 g/mol. The highest BCUT2D eigenvalue weighted by atomic mass is 16.3. The van der Waals surface area contributed by atoms with E-state index in [0.717, 1.165) is 33.4 Å². The van der Waals surface area contributed by atoms with Gasteiger partial charge in [-0.05, 0) is 45.5 Å². The van der Waals surface area contributed by atoms with Gasteiger partial charge < -0.3 is 4.42 Å². The first kappa shape index (κ1) is 25.2. The van der Waals surface area contributed by atoms with Crippen molar-refractivity contribution in [2.45, 2.75) is 5.41 Å². The smallest absolute Gasteiger partial charge is 0.164 e. The average molecular weight is 588 g/mol. The predicted molar refractivity (Wildman–Crippen MR) is 182 cm³/mol. The first-order valence-corrected chi connectivity index (χ1v) is 15.5. The van der Waals surface area contributed by atoms with Crippen molar-refractivity contribution in [3.05, 3.63) is 174 Å². The summed E-state index contributed by atoms with van der Waals surface area (Å²) in [6, 6.07) is 52.8. The van der Waals surface area contributed by atoms with Crippen LogP contribution in [0.5, 0.6) is 0 Å². The molecule has 1 unspecified atom stereocenters. The maximum atomic E-state index is 6.90. The minimum Gasteiger partial charge on any atom is -0.459 e. The SMILES string of the molecule is c1ccc(-c2nc(-c3ccccc3)nc(-c3ccc4c(c3)C3(c5ccccc5-4)c4ccccc4-c4c3oc3ccccc43)n2)cc1. The van der Waals surface area contributed by atoms with Crippen LogP contribution in [0.2, 0.25) is 0 Å². The fraction of sp³-hybridized carbons (Fsp3) is 0.0238. The zero-order chi connectivity index (χ0) is 30.2. The highest BCUT2D eigenvalue weighted by Gasteiger charge is 2.55. The Hall–Kier alpha value is -6.13.